The van der Waals surface area contributed by atoms with Crippen molar-refractivity contribution in [2.75, 3.05) is 46.1 Å². The van der Waals surface area contributed by atoms with Gasteiger partial charge < -0.3 is 4.90 Å². The standard InChI is InChI=1S/C13H26N4O2/c1-5-14(6-2)10-16-9-12(18)17(13(16)19)11-15(7-3)8-4/h5-11H2,1-4H3. The zero-order chi connectivity index (χ0) is 14.4. The zero-order valence-corrected chi connectivity index (χ0v) is 12.6. The van der Waals surface area contributed by atoms with Crippen LogP contribution in [0, 0.1) is 0 Å². The van der Waals surface area contributed by atoms with Crippen molar-refractivity contribution in [2.45, 2.75) is 27.7 Å². The highest BCUT2D eigenvalue weighted by Gasteiger charge is 2.36. The molecule has 0 bridgehead atoms. The Labute approximate surface area is 115 Å². The summed E-state index contributed by atoms with van der Waals surface area (Å²) in [5.41, 5.74) is 0. The first kappa shape index (κ1) is 15.9. The largest absolute Gasteiger partial charge is 0.329 e. The summed E-state index contributed by atoms with van der Waals surface area (Å²) in [5, 5.41) is 0. The van der Waals surface area contributed by atoms with E-state index in [4.69, 9.17) is 0 Å². The minimum atomic E-state index is -0.163. The molecule has 3 amide bonds. The van der Waals surface area contributed by atoms with Gasteiger partial charge in [-0.25, -0.2) is 9.69 Å². The van der Waals surface area contributed by atoms with E-state index in [-0.39, 0.29) is 18.5 Å². The van der Waals surface area contributed by atoms with Crippen LogP contribution in [0.15, 0.2) is 0 Å². The van der Waals surface area contributed by atoms with E-state index < -0.39 is 0 Å². The summed E-state index contributed by atoms with van der Waals surface area (Å²) in [5.74, 6) is -0.0935. The Morgan fingerprint density at radius 2 is 1.37 bits per heavy atom. The Kier molecular flexibility index (Phi) is 6.24. The van der Waals surface area contributed by atoms with Gasteiger partial charge >= 0.3 is 6.03 Å². The SMILES string of the molecule is CCN(CC)CN1CC(=O)N(CN(CC)CC)C1=O. The van der Waals surface area contributed by atoms with Gasteiger partial charge in [0.25, 0.3) is 5.91 Å². The van der Waals surface area contributed by atoms with E-state index in [1.165, 1.54) is 4.90 Å². The highest BCUT2D eigenvalue weighted by molar-refractivity contribution is 6.01. The van der Waals surface area contributed by atoms with Crippen LogP contribution in [0.25, 0.3) is 0 Å². The maximum atomic E-state index is 12.2. The lowest BCUT2D eigenvalue weighted by Gasteiger charge is -2.26. The van der Waals surface area contributed by atoms with Gasteiger partial charge in [-0.3, -0.25) is 14.6 Å². The summed E-state index contributed by atoms with van der Waals surface area (Å²) in [4.78, 5) is 31.3. The number of carbonyl (C=O) groups is 2. The number of hydrogen-bond acceptors (Lipinski definition) is 4. The number of urea groups is 1. The van der Waals surface area contributed by atoms with Crippen LogP contribution in [0.4, 0.5) is 4.79 Å². The first-order valence-electron chi connectivity index (χ1n) is 7.11. The molecule has 110 valence electrons. The van der Waals surface area contributed by atoms with E-state index in [1.54, 1.807) is 4.90 Å². The molecule has 0 aromatic rings. The fourth-order valence-electron chi connectivity index (χ4n) is 2.13. The molecule has 1 aliphatic heterocycles. The number of rotatable bonds is 8. The van der Waals surface area contributed by atoms with Crippen LogP contribution in [0.5, 0.6) is 0 Å². The maximum absolute atomic E-state index is 12.2. The summed E-state index contributed by atoms with van der Waals surface area (Å²) in [6.07, 6.45) is 0. The average molecular weight is 270 g/mol. The molecular weight excluding hydrogens is 244 g/mol. The van der Waals surface area contributed by atoms with Crippen LogP contribution >= 0.6 is 0 Å². The van der Waals surface area contributed by atoms with Crippen LogP contribution in [0.1, 0.15) is 27.7 Å². The Hall–Kier alpha value is -1.14. The number of amides is 3. The van der Waals surface area contributed by atoms with E-state index in [0.29, 0.717) is 13.3 Å². The van der Waals surface area contributed by atoms with Crippen molar-refractivity contribution in [3.8, 4) is 0 Å². The molecule has 0 saturated carbocycles. The van der Waals surface area contributed by atoms with Gasteiger partial charge in [-0.1, -0.05) is 27.7 Å². The molecule has 1 rings (SSSR count). The lowest BCUT2D eigenvalue weighted by Crippen LogP contribution is -2.44. The van der Waals surface area contributed by atoms with Crippen molar-refractivity contribution in [1.29, 1.82) is 0 Å². The molecule has 6 nitrogen and oxygen atoms in total. The molecule has 1 saturated heterocycles. The molecule has 0 radical (unpaired) electrons. The third-order valence-corrected chi connectivity index (χ3v) is 3.63. The third-order valence-electron chi connectivity index (χ3n) is 3.63. The molecular formula is C13H26N4O2. The summed E-state index contributed by atoms with van der Waals surface area (Å²) in [7, 11) is 0. The lowest BCUT2D eigenvalue weighted by molar-refractivity contribution is -0.126. The van der Waals surface area contributed by atoms with Crippen molar-refractivity contribution in [2.24, 2.45) is 0 Å². The maximum Gasteiger partial charge on any atom is 0.329 e. The number of nitrogens with zero attached hydrogens (tertiary/aromatic N) is 4. The van der Waals surface area contributed by atoms with Gasteiger partial charge in [-0.15, -0.1) is 0 Å². The van der Waals surface area contributed by atoms with Gasteiger partial charge in [0.1, 0.15) is 6.54 Å². The fraction of sp³-hybridized carbons (Fsp3) is 0.846. The molecule has 0 aromatic carbocycles. The predicted octanol–water partition coefficient (Wildman–Crippen LogP) is 0.849. The Morgan fingerprint density at radius 3 is 1.84 bits per heavy atom. The van der Waals surface area contributed by atoms with E-state index in [0.717, 1.165) is 26.2 Å². The second-order valence-electron chi connectivity index (χ2n) is 4.69. The first-order valence-corrected chi connectivity index (χ1v) is 7.11. The first-order chi connectivity index (χ1) is 9.07. The predicted molar refractivity (Wildman–Crippen MR) is 74.5 cm³/mol. The van der Waals surface area contributed by atoms with Crippen LogP contribution in [-0.2, 0) is 4.79 Å². The van der Waals surface area contributed by atoms with E-state index >= 15 is 0 Å². The van der Waals surface area contributed by atoms with Gasteiger partial charge in [0.2, 0.25) is 0 Å². The van der Waals surface area contributed by atoms with E-state index in [2.05, 4.69) is 23.6 Å². The van der Waals surface area contributed by atoms with Crippen molar-refractivity contribution in [1.82, 2.24) is 19.6 Å². The third kappa shape index (κ3) is 3.91. The van der Waals surface area contributed by atoms with Crippen molar-refractivity contribution >= 4 is 11.9 Å². The summed E-state index contributed by atoms with van der Waals surface area (Å²) in [6.45, 7) is 12.7. The zero-order valence-electron chi connectivity index (χ0n) is 12.6. The van der Waals surface area contributed by atoms with Gasteiger partial charge in [0.05, 0.1) is 13.3 Å². The lowest BCUT2D eigenvalue weighted by atomic mass is 10.5. The molecule has 0 aromatic heterocycles. The second kappa shape index (κ2) is 7.45. The fourth-order valence-corrected chi connectivity index (χ4v) is 2.13. The van der Waals surface area contributed by atoms with Crippen LogP contribution in [0.2, 0.25) is 0 Å². The van der Waals surface area contributed by atoms with Crippen LogP contribution < -0.4 is 0 Å². The smallest absolute Gasteiger partial charge is 0.302 e. The van der Waals surface area contributed by atoms with Crippen LogP contribution in [-0.4, -0.2) is 77.6 Å². The van der Waals surface area contributed by atoms with Crippen molar-refractivity contribution < 1.29 is 9.59 Å². The highest BCUT2D eigenvalue weighted by atomic mass is 16.2. The molecule has 1 aliphatic rings. The minimum absolute atomic E-state index is 0.0935. The van der Waals surface area contributed by atoms with Crippen molar-refractivity contribution in [3.05, 3.63) is 0 Å². The molecule has 0 N–H and O–H groups in total. The molecule has 0 atom stereocenters. The molecule has 1 fully saturated rings. The topological polar surface area (TPSA) is 47.1 Å². The van der Waals surface area contributed by atoms with Gasteiger partial charge in [-0.05, 0) is 26.2 Å². The molecule has 0 unspecified atom stereocenters. The number of carbonyl (C=O) groups excluding carboxylic acids is 2. The Bertz CT molecular complexity index is 314. The molecule has 0 aliphatic carbocycles. The van der Waals surface area contributed by atoms with Gasteiger partial charge in [-0.2, -0.15) is 0 Å². The minimum Gasteiger partial charge on any atom is -0.302 e. The Morgan fingerprint density at radius 1 is 0.895 bits per heavy atom. The van der Waals surface area contributed by atoms with Gasteiger partial charge in [0.15, 0.2) is 0 Å². The molecule has 6 heteroatoms. The molecule has 1 heterocycles. The van der Waals surface area contributed by atoms with Crippen molar-refractivity contribution in [3.63, 3.8) is 0 Å². The highest BCUT2D eigenvalue weighted by Crippen LogP contribution is 2.11. The van der Waals surface area contributed by atoms with Crippen LogP contribution in [0.3, 0.4) is 0 Å². The van der Waals surface area contributed by atoms with E-state index in [9.17, 15) is 9.59 Å². The second-order valence-corrected chi connectivity index (χ2v) is 4.69. The number of imide groups is 1. The average Bonchev–Trinajstić information content (AvgIpc) is 2.68. The summed E-state index contributed by atoms with van der Waals surface area (Å²) < 4.78 is 0. The quantitative estimate of drug-likeness (QED) is 0.614. The Balaban J connectivity index is 2.62. The normalized spacial score (nSPS) is 16.3. The molecule has 19 heavy (non-hydrogen) atoms. The summed E-state index contributed by atoms with van der Waals surface area (Å²) in [6, 6.07) is -0.163. The van der Waals surface area contributed by atoms with E-state index in [1.807, 2.05) is 13.8 Å². The monoisotopic (exact) mass is 270 g/mol. The summed E-state index contributed by atoms with van der Waals surface area (Å²) >= 11 is 0. The molecule has 0 spiro atoms. The van der Waals surface area contributed by atoms with Gasteiger partial charge in [0, 0.05) is 0 Å². The number of hydrogen-bond donors (Lipinski definition) is 0.